The second-order valence-electron chi connectivity index (χ2n) is 4.58. The van der Waals surface area contributed by atoms with Crippen molar-refractivity contribution in [3.8, 4) is 0 Å². The Bertz CT molecular complexity index is 191. The summed E-state index contributed by atoms with van der Waals surface area (Å²) in [5.74, 6) is 0.615. The zero-order valence-electron chi connectivity index (χ0n) is 12.0. The maximum Gasteiger partial charge on any atom is 0.320 e. The van der Waals surface area contributed by atoms with Crippen LogP contribution in [0.25, 0.3) is 0 Å². The highest BCUT2D eigenvalue weighted by atomic mass is 16.5. The highest BCUT2D eigenvalue weighted by Crippen LogP contribution is 2.09. The Balaban J connectivity index is 3.90. The molecule has 0 aliphatic rings. The van der Waals surface area contributed by atoms with Crippen LogP contribution < -0.4 is 0 Å². The molecule has 0 amide bonds. The molecule has 0 aliphatic carbocycles. The molecule has 0 heterocycles. The van der Waals surface area contributed by atoms with Gasteiger partial charge in [-0.05, 0) is 18.9 Å². The number of unbranched alkanes of at least 4 members (excludes halogenated alkanes) is 1. The van der Waals surface area contributed by atoms with E-state index in [1.54, 1.807) is 0 Å². The van der Waals surface area contributed by atoms with Crippen LogP contribution in [0.1, 0.15) is 53.4 Å². The van der Waals surface area contributed by atoms with Crippen LogP contribution in [-0.4, -0.2) is 37.1 Å². The molecular formula is C14H29NO2. The fourth-order valence-corrected chi connectivity index (χ4v) is 1.78. The van der Waals surface area contributed by atoms with Gasteiger partial charge in [-0.25, -0.2) is 0 Å². The van der Waals surface area contributed by atoms with Gasteiger partial charge < -0.3 is 4.74 Å². The van der Waals surface area contributed by atoms with Crippen LogP contribution in [0.15, 0.2) is 0 Å². The van der Waals surface area contributed by atoms with Crippen molar-refractivity contribution in [2.45, 2.75) is 53.4 Å². The molecule has 0 rings (SSSR count). The van der Waals surface area contributed by atoms with Crippen molar-refractivity contribution in [3.63, 3.8) is 0 Å². The van der Waals surface area contributed by atoms with Crippen molar-refractivity contribution in [3.05, 3.63) is 0 Å². The van der Waals surface area contributed by atoms with Crippen molar-refractivity contribution in [2.75, 3.05) is 26.2 Å². The Morgan fingerprint density at radius 2 is 1.82 bits per heavy atom. The molecule has 0 spiro atoms. The Labute approximate surface area is 107 Å². The van der Waals surface area contributed by atoms with E-state index in [1.807, 2.05) is 0 Å². The Morgan fingerprint density at radius 1 is 1.18 bits per heavy atom. The second-order valence-corrected chi connectivity index (χ2v) is 4.58. The van der Waals surface area contributed by atoms with Crippen LogP contribution in [0.2, 0.25) is 0 Å². The maximum absolute atomic E-state index is 11.6. The quantitative estimate of drug-likeness (QED) is 0.436. The smallest absolute Gasteiger partial charge is 0.320 e. The molecule has 0 aliphatic heterocycles. The van der Waals surface area contributed by atoms with Gasteiger partial charge in [0.15, 0.2) is 0 Å². The molecule has 0 unspecified atom stereocenters. The third-order valence-electron chi connectivity index (χ3n) is 3.23. The predicted octanol–water partition coefficient (Wildman–Crippen LogP) is 3.09. The van der Waals surface area contributed by atoms with E-state index in [0.717, 1.165) is 25.9 Å². The van der Waals surface area contributed by atoms with Gasteiger partial charge >= 0.3 is 5.97 Å². The van der Waals surface area contributed by atoms with Gasteiger partial charge in [0.25, 0.3) is 0 Å². The standard InChI is InChI=1S/C14H29NO2/c1-5-9-10-17-14(16)12-15(8-4)11-13(6-2)7-3/h13H,5-12H2,1-4H3. The van der Waals surface area contributed by atoms with Crippen LogP contribution in [0.5, 0.6) is 0 Å². The monoisotopic (exact) mass is 243 g/mol. The zero-order valence-corrected chi connectivity index (χ0v) is 12.0. The summed E-state index contributed by atoms with van der Waals surface area (Å²) in [6, 6.07) is 0. The van der Waals surface area contributed by atoms with E-state index in [9.17, 15) is 4.79 Å². The summed E-state index contributed by atoms with van der Waals surface area (Å²) in [6.45, 7) is 11.5. The van der Waals surface area contributed by atoms with Gasteiger partial charge in [-0.15, -0.1) is 0 Å². The Kier molecular flexibility index (Phi) is 10.2. The van der Waals surface area contributed by atoms with Crippen LogP contribution in [0.4, 0.5) is 0 Å². The third kappa shape index (κ3) is 8.19. The third-order valence-corrected chi connectivity index (χ3v) is 3.23. The summed E-state index contributed by atoms with van der Waals surface area (Å²) < 4.78 is 5.18. The van der Waals surface area contributed by atoms with Crippen molar-refractivity contribution >= 4 is 5.97 Å². The molecule has 0 saturated carbocycles. The van der Waals surface area contributed by atoms with Crippen molar-refractivity contribution < 1.29 is 9.53 Å². The summed E-state index contributed by atoms with van der Waals surface area (Å²) in [5, 5.41) is 0. The summed E-state index contributed by atoms with van der Waals surface area (Å²) in [5.41, 5.74) is 0. The van der Waals surface area contributed by atoms with E-state index in [-0.39, 0.29) is 5.97 Å². The first-order valence-corrected chi connectivity index (χ1v) is 7.05. The summed E-state index contributed by atoms with van der Waals surface area (Å²) in [6.07, 6.45) is 4.39. The minimum absolute atomic E-state index is 0.0775. The van der Waals surface area contributed by atoms with Crippen LogP contribution in [0.3, 0.4) is 0 Å². The van der Waals surface area contributed by atoms with E-state index >= 15 is 0 Å². The molecule has 0 aromatic carbocycles. The molecular weight excluding hydrogens is 214 g/mol. The predicted molar refractivity (Wildman–Crippen MR) is 72.1 cm³/mol. The van der Waals surface area contributed by atoms with Crippen molar-refractivity contribution in [2.24, 2.45) is 5.92 Å². The van der Waals surface area contributed by atoms with Crippen LogP contribution in [-0.2, 0) is 9.53 Å². The van der Waals surface area contributed by atoms with E-state index in [0.29, 0.717) is 19.1 Å². The lowest BCUT2D eigenvalue weighted by atomic mass is 10.0. The number of nitrogens with zero attached hydrogens (tertiary/aromatic N) is 1. The van der Waals surface area contributed by atoms with Crippen LogP contribution in [0, 0.1) is 5.92 Å². The molecule has 0 aromatic rings. The van der Waals surface area contributed by atoms with Gasteiger partial charge in [0.1, 0.15) is 0 Å². The Morgan fingerprint density at radius 3 is 2.29 bits per heavy atom. The van der Waals surface area contributed by atoms with Gasteiger partial charge in [0.05, 0.1) is 13.2 Å². The SMILES string of the molecule is CCCCOC(=O)CN(CC)CC(CC)CC. The average Bonchev–Trinajstić information content (AvgIpc) is 2.34. The Hall–Kier alpha value is -0.570. The van der Waals surface area contributed by atoms with Gasteiger partial charge in [0, 0.05) is 6.54 Å². The van der Waals surface area contributed by atoms with Crippen LogP contribution >= 0.6 is 0 Å². The number of carbonyl (C=O) groups is 1. The molecule has 0 atom stereocenters. The van der Waals surface area contributed by atoms with Gasteiger partial charge in [-0.1, -0.05) is 47.0 Å². The fraction of sp³-hybridized carbons (Fsp3) is 0.929. The zero-order chi connectivity index (χ0) is 13.1. The fourth-order valence-electron chi connectivity index (χ4n) is 1.78. The first kappa shape index (κ1) is 16.4. The van der Waals surface area contributed by atoms with E-state index in [4.69, 9.17) is 4.74 Å². The lowest BCUT2D eigenvalue weighted by Crippen LogP contribution is -2.34. The lowest BCUT2D eigenvalue weighted by molar-refractivity contribution is -0.145. The lowest BCUT2D eigenvalue weighted by Gasteiger charge is -2.24. The van der Waals surface area contributed by atoms with Gasteiger partial charge in [-0.3, -0.25) is 9.69 Å². The van der Waals surface area contributed by atoms with Gasteiger partial charge in [-0.2, -0.15) is 0 Å². The number of hydrogen-bond acceptors (Lipinski definition) is 3. The summed E-state index contributed by atoms with van der Waals surface area (Å²) in [4.78, 5) is 13.8. The summed E-state index contributed by atoms with van der Waals surface area (Å²) in [7, 11) is 0. The van der Waals surface area contributed by atoms with E-state index in [1.165, 1.54) is 12.8 Å². The molecule has 0 saturated heterocycles. The maximum atomic E-state index is 11.6. The second kappa shape index (κ2) is 10.6. The number of esters is 1. The highest BCUT2D eigenvalue weighted by Gasteiger charge is 2.13. The molecule has 0 fully saturated rings. The number of likely N-dealkylation sites (N-methyl/N-ethyl adjacent to an activating group) is 1. The largest absolute Gasteiger partial charge is 0.465 e. The average molecular weight is 243 g/mol. The first-order chi connectivity index (χ1) is 8.17. The van der Waals surface area contributed by atoms with Crippen molar-refractivity contribution in [1.82, 2.24) is 4.90 Å². The van der Waals surface area contributed by atoms with E-state index in [2.05, 4.69) is 32.6 Å². The molecule has 3 nitrogen and oxygen atoms in total. The molecule has 0 radical (unpaired) electrons. The summed E-state index contributed by atoms with van der Waals surface area (Å²) >= 11 is 0. The number of hydrogen-bond donors (Lipinski definition) is 0. The van der Waals surface area contributed by atoms with Gasteiger partial charge in [0.2, 0.25) is 0 Å². The van der Waals surface area contributed by atoms with Crippen molar-refractivity contribution in [1.29, 1.82) is 0 Å². The molecule has 102 valence electrons. The number of ether oxygens (including phenoxy) is 1. The molecule has 0 bridgehead atoms. The van der Waals surface area contributed by atoms with E-state index < -0.39 is 0 Å². The highest BCUT2D eigenvalue weighted by molar-refractivity contribution is 5.71. The topological polar surface area (TPSA) is 29.5 Å². The minimum atomic E-state index is -0.0775. The number of carbonyl (C=O) groups excluding carboxylic acids is 1. The molecule has 3 heteroatoms. The first-order valence-electron chi connectivity index (χ1n) is 7.05. The normalized spacial score (nSPS) is 11.2. The molecule has 0 N–H and O–H groups in total. The molecule has 17 heavy (non-hydrogen) atoms. The minimum Gasteiger partial charge on any atom is -0.465 e. The molecule has 0 aromatic heterocycles. The number of rotatable bonds is 10.